The first-order valence-corrected chi connectivity index (χ1v) is 19.2. The molecule has 2 fully saturated rings. The van der Waals surface area contributed by atoms with E-state index in [1.54, 1.807) is 47.4 Å². The Labute approximate surface area is 336 Å². The zero-order valence-corrected chi connectivity index (χ0v) is 32.0. The van der Waals surface area contributed by atoms with E-state index < -0.39 is 41.4 Å². The van der Waals surface area contributed by atoms with E-state index in [0.29, 0.717) is 34.3 Å². The van der Waals surface area contributed by atoms with Crippen LogP contribution in [0.5, 0.6) is 0 Å². The third kappa shape index (κ3) is 9.19. The highest BCUT2D eigenvalue weighted by atomic mass is 19.1. The van der Waals surface area contributed by atoms with Crippen molar-refractivity contribution < 1.29 is 47.4 Å². The number of rotatable bonds is 16. The number of amides is 6. The summed E-state index contributed by atoms with van der Waals surface area (Å²) in [6, 6.07) is 15.2. The van der Waals surface area contributed by atoms with Crippen molar-refractivity contribution in [1.29, 1.82) is 0 Å². The first-order chi connectivity index (χ1) is 28.6. The van der Waals surface area contributed by atoms with Gasteiger partial charge in [-0.2, -0.15) is 5.10 Å². The van der Waals surface area contributed by atoms with Crippen LogP contribution in [0.1, 0.15) is 55.2 Å². The van der Waals surface area contributed by atoms with Crippen molar-refractivity contribution >= 4 is 51.9 Å². The van der Waals surface area contributed by atoms with Crippen molar-refractivity contribution in [2.45, 2.75) is 25.3 Å². The highest BCUT2D eigenvalue weighted by molar-refractivity contribution is 6.25. The van der Waals surface area contributed by atoms with Gasteiger partial charge >= 0.3 is 0 Å². The molecule has 18 heteroatoms. The molecule has 1 unspecified atom stereocenters. The Morgan fingerprint density at radius 3 is 2.29 bits per heavy atom. The Balaban J connectivity index is 0.761. The van der Waals surface area contributed by atoms with Gasteiger partial charge in [0.1, 0.15) is 18.5 Å². The number of hydrogen-bond donors (Lipinski definition) is 3. The van der Waals surface area contributed by atoms with Crippen LogP contribution in [0, 0.1) is 5.82 Å². The number of carbonyl (C=O) groups excluding carboxylic acids is 6. The third-order valence-corrected chi connectivity index (χ3v) is 10.3. The van der Waals surface area contributed by atoms with Gasteiger partial charge in [-0.05, 0) is 42.3 Å². The van der Waals surface area contributed by atoms with Gasteiger partial charge < -0.3 is 29.3 Å². The second-order valence-electron chi connectivity index (χ2n) is 14.1. The van der Waals surface area contributed by atoms with Gasteiger partial charge in [-0.25, -0.2) is 9.49 Å². The van der Waals surface area contributed by atoms with E-state index in [1.165, 1.54) is 23.1 Å². The molecule has 4 aromatic rings. The number of anilines is 1. The highest BCUT2D eigenvalue weighted by Gasteiger charge is 2.45. The maximum absolute atomic E-state index is 14.9. The molecule has 3 N–H and O–H groups in total. The lowest BCUT2D eigenvalue weighted by molar-refractivity contribution is -0.138. The molecule has 7 rings (SSSR count). The molecular weight excluding hydrogens is 769 g/mol. The fourth-order valence-corrected chi connectivity index (χ4v) is 7.29. The number of H-pyrrole nitrogens is 1. The van der Waals surface area contributed by atoms with Crippen molar-refractivity contribution in [2.75, 3.05) is 77.7 Å². The number of nitrogens with one attached hydrogen (secondary N) is 3. The molecule has 308 valence electrons. The van der Waals surface area contributed by atoms with Gasteiger partial charge in [-0.3, -0.25) is 43.8 Å². The van der Waals surface area contributed by atoms with E-state index in [1.807, 2.05) is 0 Å². The number of hydrogen-bond acceptors (Lipinski definition) is 12. The Hall–Kier alpha value is -6.37. The number of piperidine rings is 1. The summed E-state index contributed by atoms with van der Waals surface area (Å²) in [6.45, 7) is 2.38. The number of halogens is 1. The van der Waals surface area contributed by atoms with Crippen LogP contribution in [0.3, 0.4) is 0 Å². The lowest BCUT2D eigenvalue weighted by Gasteiger charge is -2.34. The number of ether oxygens (including phenoxy) is 3. The van der Waals surface area contributed by atoms with Crippen molar-refractivity contribution in [3.63, 3.8) is 0 Å². The maximum atomic E-state index is 14.9. The minimum absolute atomic E-state index is 0.0387. The second-order valence-corrected chi connectivity index (χ2v) is 14.1. The van der Waals surface area contributed by atoms with Crippen LogP contribution in [-0.2, 0) is 35.0 Å². The minimum Gasteiger partial charge on any atom is -0.382 e. The van der Waals surface area contributed by atoms with Crippen LogP contribution in [0.15, 0.2) is 65.5 Å². The molecule has 3 aromatic carbocycles. The maximum Gasteiger partial charge on any atom is 0.272 e. The first-order valence-electron chi connectivity index (χ1n) is 19.2. The summed E-state index contributed by atoms with van der Waals surface area (Å²) in [4.78, 5) is 92.4. The molecule has 59 heavy (non-hydrogen) atoms. The van der Waals surface area contributed by atoms with Gasteiger partial charge in [0.05, 0.1) is 60.8 Å². The number of imide groups is 2. The molecule has 0 spiro atoms. The predicted molar refractivity (Wildman–Crippen MR) is 208 cm³/mol. The van der Waals surface area contributed by atoms with Crippen molar-refractivity contribution in [1.82, 2.24) is 30.2 Å². The van der Waals surface area contributed by atoms with Gasteiger partial charge in [-0.15, -0.1) is 0 Å². The van der Waals surface area contributed by atoms with Crippen LogP contribution in [0.25, 0.3) is 10.8 Å². The number of aromatic nitrogens is 2. The molecule has 1 atom stereocenters. The minimum atomic E-state index is -1.05. The number of aromatic amines is 1. The van der Waals surface area contributed by atoms with Gasteiger partial charge in [0.2, 0.25) is 17.7 Å². The van der Waals surface area contributed by atoms with E-state index in [-0.39, 0.29) is 113 Å². The van der Waals surface area contributed by atoms with Gasteiger partial charge in [0.25, 0.3) is 23.3 Å². The molecule has 2 saturated heterocycles. The topological polar surface area (TPSA) is 210 Å². The Bertz CT molecular complexity index is 2340. The molecule has 0 saturated carbocycles. The zero-order chi connectivity index (χ0) is 41.5. The molecule has 17 nitrogen and oxygen atoms in total. The number of benzene rings is 3. The summed E-state index contributed by atoms with van der Waals surface area (Å²) in [5.41, 5.74) is 1.66. The second kappa shape index (κ2) is 18.5. The molecular formula is C41H42FN7O10. The average Bonchev–Trinajstić information content (AvgIpc) is 3.50. The zero-order valence-electron chi connectivity index (χ0n) is 32.0. The molecule has 0 radical (unpaired) electrons. The largest absolute Gasteiger partial charge is 0.382 e. The Morgan fingerprint density at radius 1 is 0.814 bits per heavy atom. The van der Waals surface area contributed by atoms with Gasteiger partial charge in [-0.1, -0.05) is 30.3 Å². The molecule has 3 aliphatic heterocycles. The first kappa shape index (κ1) is 40.8. The van der Waals surface area contributed by atoms with Crippen LogP contribution < -0.4 is 16.2 Å². The van der Waals surface area contributed by atoms with Crippen LogP contribution in [-0.4, -0.2) is 139 Å². The summed E-state index contributed by atoms with van der Waals surface area (Å²) in [6.07, 6.45) is 0.392. The van der Waals surface area contributed by atoms with Crippen LogP contribution in [0.4, 0.5) is 10.1 Å². The van der Waals surface area contributed by atoms with E-state index in [4.69, 9.17) is 14.2 Å². The summed E-state index contributed by atoms with van der Waals surface area (Å²) >= 11 is 0. The van der Waals surface area contributed by atoms with Gasteiger partial charge in [0.15, 0.2) is 0 Å². The number of fused-ring (bicyclic) bond motifs is 2. The molecule has 6 amide bonds. The molecule has 1 aromatic heterocycles. The lowest BCUT2D eigenvalue weighted by atomic mass is 10.0. The van der Waals surface area contributed by atoms with E-state index >= 15 is 0 Å². The smallest absolute Gasteiger partial charge is 0.272 e. The fraction of sp³-hybridized carbons (Fsp3) is 0.366. The molecule has 4 heterocycles. The van der Waals surface area contributed by atoms with E-state index in [0.717, 1.165) is 4.90 Å². The summed E-state index contributed by atoms with van der Waals surface area (Å²) < 4.78 is 31.5. The Kier molecular flexibility index (Phi) is 12.8. The average molecular weight is 812 g/mol. The Morgan fingerprint density at radius 2 is 1.53 bits per heavy atom. The van der Waals surface area contributed by atoms with Crippen molar-refractivity contribution in [3.8, 4) is 0 Å². The molecule has 3 aliphatic rings. The monoisotopic (exact) mass is 811 g/mol. The fourth-order valence-electron chi connectivity index (χ4n) is 7.29. The summed E-state index contributed by atoms with van der Waals surface area (Å²) in [5.74, 6) is -3.65. The van der Waals surface area contributed by atoms with Gasteiger partial charge in [0, 0.05) is 56.6 Å². The number of nitrogens with zero attached hydrogens (tertiary/aromatic N) is 4. The van der Waals surface area contributed by atoms with Crippen molar-refractivity contribution in [3.05, 3.63) is 105 Å². The molecule has 0 aliphatic carbocycles. The SMILES string of the molecule is O=C1CCC(N2C(=O)c3cccc(NCCOCCOCCOCC(=O)N4CCN(C(=O)c5cc(Cc6n[nH]c(=O)c7ccccc67)ccc5F)CC4)c3C2=O)C(=O)N1. The highest BCUT2D eigenvalue weighted by Crippen LogP contribution is 2.32. The van der Waals surface area contributed by atoms with Crippen LogP contribution >= 0.6 is 0 Å². The number of carbonyl (C=O) groups is 6. The van der Waals surface area contributed by atoms with Crippen LogP contribution in [0.2, 0.25) is 0 Å². The third-order valence-electron chi connectivity index (χ3n) is 10.3. The normalized spacial score (nSPS) is 16.8. The van der Waals surface area contributed by atoms with E-state index in [9.17, 15) is 38.0 Å². The summed E-state index contributed by atoms with van der Waals surface area (Å²) in [7, 11) is 0. The number of piperazine rings is 1. The summed E-state index contributed by atoms with van der Waals surface area (Å²) in [5, 5.41) is 13.1. The quantitative estimate of drug-likeness (QED) is 0.109. The van der Waals surface area contributed by atoms with E-state index in [2.05, 4.69) is 20.8 Å². The van der Waals surface area contributed by atoms with Crippen molar-refractivity contribution in [2.24, 2.45) is 0 Å². The standard InChI is InChI=1S/C41H42FN7O10/c42-30-9-8-25(23-32-26-4-1-2-5-27(26)37(52)46-45-32)22-29(30)39(54)48-15-13-47(14-16-48)35(51)24-59-21-20-58-19-18-57-17-12-43-31-7-3-6-28-36(31)41(56)49(40(28)55)33-10-11-34(50)44-38(33)53/h1-9,22,33,43H,10-21,23-24H2,(H,46,52)(H,44,50,53). The predicted octanol–water partition coefficient (Wildman–Crippen LogP) is 1.50. The lowest BCUT2D eigenvalue weighted by Crippen LogP contribution is -2.54. The molecule has 0 bridgehead atoms.